The van der Waals surface area contributed by atoms with Crippen molar-refractivity contribution in [3.05, 3.63) is 29.3 Å². The largest absolute Gasteiger partial charge is 0.507 e. The van der Waals surface area contributed by atoms with Crippen LogP contribution in [0, 0.1) is 6.92 Å². The van der Waals surface area contributed by atoms with Gasteiger partial charge in [-0.25, -0.2) is 0 Å². The van der Waals surface area contributed by atoms with Crippen LogP contribution in [-0.2, 0) is 0 Å². The molecule has 0 aliphatic carbocycles. The average Bonchev–Trinajstić information content (AvgIpc) is 2.37. The van der Waals surface area contributed by atoms with Gasteiger partial charge in [0.25, 0.3) is 5.91 Å². The molecule has 1 amide bonds. The van der Waals surface area contributed by atoms with Gasteiger partial charge < -0.3 is 20.9 Å². The van der Waals surface area contributed by atoms with E-state index in [1.807, 2.05) is 20.8 Å². The molecule has 0 aliphatic rings. The van der Waals surface area contributed by atoms with Gasteiger partial charge in [0, 0.05) is 6.04 Å². The van der Waals surface area contributed by atoms with Crippen molar-refractivity contribution in [2.75, 3.05) is 6.54 Å². The van der Waals surface area contributed by atoms with E-state index < -0.39 is 0 Å². The molecule has 4 N–H and O–H groups in total. The number of phenolic OH excluding ortho intramolecular Hbond substituents is 1. The number of nitrogens with two attached hydrogens (primary N) is 1. The fourth-order valence-corrected chi connectivity index (χ4v) is 1.67. The quantitative estimate of drug-likeness (QED) is 0.330. The second-order valence-corrected chi connectivity index (χ2v) is 4.64. The van der Waals surface area contributed by atoms with Gasteiger partial charge in [-0.3, -0.25) is 4.79 Å². The van der Waals surface area contributed by atoms with Gasteiger partial charge in [0.05, 0.1) is 12.1 Å². The van der Waals surface area contributed by atoms with Crippen molar-refractivity contribution in [3.63, 3.8) is 0 Å². The maximum absolute atomic E-state index is 12.4. The van der Waals surface area contributed by atoms with Gasteiger partial charge in [0.2, 0.25) is 0 Å². The van der Waals surface area contributed by atoms with E-state index in [1.165, 1.54) is 11.0 Å². The molecule has 0 bridgehead atoms. The second kappa shape index (κ2) is 6.08. The van der Waals surface area contributed by atoms with E-state index in [2.05, 4.69) is 5.16 Å². The Balaban J connectivity index is 3.09. The lowest BCUT2D eigenvalue weighted by molar-refractivity contribution is 0.0731. The molecular weight excluding hydrogens is 246 g/mol. The summed E-state index contributed by atoms with van der Waals surface area (Å²) in [5, 5.41) is 21.2. The summed E-state index contributed by atoms with van der Waals surface area (Å²) >= 11 is 0. The van der Waals surface area contributed by atoms with E-state index in [-0.39, 0.29) is 35.6 Å². The number of carbonyl (C=O) groups excluding carboxylic acids is 1. The fraction of sp³-hybridized carbons (Fsp3) is 0.385. The molecule has 0 unspecified atom stereocenters. The highest BCUT2D eigenvalue weighted by atomic mass is 16.4. The molecule has 104 valence electrons. The van der Waals surface area contributed by atoms with Crippen molar-refractivity contribution in [1.29, 1.82) is 0 Å². The lowest BCUT2D eigenvalue weighted by atomic mass is 10.1. The minimum absolute atomic E-state index is 0.000379. The van der Waals surface area contributed by atoms with E-state index in [0.29, 0.717) is 0 Å². The summed E-state index contributed by atoms with van der Waals surface area (Å²) in [6.07, 6.45) is 0. The second-order valence-electron chi connectivity index (χ2n) is 4.64. The fourth-order valence-electron chi connectivity index (χ4n) is 1.67. The number of benzene rings is 1. The number of oxime groups is 1. The highest BCUT2D eigenvalue weighted by Gasteiger charge is 2.22. The molecule has 0 radical (unpaired) electrons. The first-order valence-electron chi connectivity index (χ1n) is 5.93. The zero-order valence-electron chi connectivity index (χ0n) is 11.3. The van der Waals surface area contributed by atoms with Crippen molar-refractivity contribution in [1.82, 2.24) is 4.90 Å². The topological polar surface area (TPSA) is 99.2 Å². The van der Waals surface area contributed by atoms with Crippen LogP contribution in [0.1, 0.15) is 29.8 Å². The van der Waals surface area contributed by atoms with E-state index >= 15 is 0 Å². The van der Waals surface area contributed by atoms with Gasteiger partial charge in [-0.05, 0) is 32.9 Å². The van der Waals surface area contributed by atoms with Crippen LogP contribution in [0.25, 0.3) is 0 Å². The third-order valence-corrected chi connectivity index (χ3v) is 2.73. The van der Waals surface area contributed by atoms with Crippen LogP contribution in [-0.4, -0.2) is 39.5 Å². The Morgan fingerprint density at radius 1 is 1.47 bits per heavy atom. The number of amidine groups is 1. The van der Waals surface area contributed by atoms with Crippen LogP contribution in [0.4, 0.5) is 0 Å². The van der Waals surface area contributed by atoms with Gasteiger partial charge in [-0.1, -0.05) is 16.8 Å². The molecule has 0 fully saturated rings. The monoisotopic (exact) mass is 265 g/mol. The Morgan fingerprint density at radius 3 is 2.63 bits per heavy atom. The van der Waals surface area contributed by atoms with Crippen molar-refractivity contribution in [3.8, 4) is 5.75 Å². The summed E-state index contributed by atoms with van der Waals surface area (Å²) in [5.41, 5.74) is 6.52. The molecule has 1 rings (SSSR count). The number of carbonyl (C=O) groups is 1. The number of rotatable bonds is 4. The van der Waals surface area contributed by atoms with Crippen molar-refractivity contribution < 1.29 is 15.1 Å². The number of hydrogen-bond donors (Lipinski definition) is 3. The number of nitrogens with zero attached hydrogens (tertiary/aromatic N) is 2. The summed E-state index contributed by atoms with van der Waals surface area (Å²) in [6, 6.07) is 4.66. The first kappa shape index (κ1) is 14.8. The molecule has 6 nitrogen and oxygen atoms in total. The van der Waals surface area contributed by atoms with Crippen LogP contribution >= 0.6 is 0 Å². The SMILES string of the molecule is Cc1ccc(O)c(C(=O)N(CC(N)=NO)C(C)C)c1. The van der Waals surface area contributed by atoms with E-state index in [4.69, 9.17) is 10.9 Å². The van der Waals surface area contributed by atoms with Gasteiger partial charge in [0.1, 0.15) is 5.75 Å². The molecule has 0 atom stereocenters. The van der Waals surface area contributed by atoms with Gasteiger partial charge in [-0.15, -0.1) is 0 Å². The first-order valence-corrected chi connectivity index (χ1v) is 5.93. The molecule has 0 spiro atoms. The predicted molar refractivity (Wildman–Crippen MR) is 72.4 cm³/mol. The Hall–Kier alpha value is -2.24. The van der Waals surface area contributed by atoms with E-state index in [1.54, 1.807) is 12.1 Å². The molecule has 19 heavy (non-hydrogen) atoms. The lowest BCUT2D eigenvalue weighted by Gasteiger charge is -2.26. The van der Waals surface area contributed by atoms with Gasteiger partial charge in [-0.2, -0.15) is 0 Å². The maximum atomic E-state index is 12.4. The average molecular weight is 265 g/mol. The zero-order valence-corrected chi connectivity index (χ0v) is 11.3. The number of hydrogen-bond acceptors (Lipinski definition) is 4. The Morgan fingerprint density at radius 2 is 2.11 bits per heavy atom. The first-order chi connectivity index (χ1) is 8.86. The van der Waals surface area contributed by atoms with Gasteiger partial charge in [0.15, 0.2) is 5.84 Å². The third-order valence-electron chi connectivity index (χ3n) is 2.73. The minimum atomic E-state index is -0.359. The van der Waals surface area contributed by atoms with Crippen LogP contribution < -0.4 is 5.73 Å². The Kier molecular flexibility index (Phi) is 4.74. The third kappa shape index (κ3) is 3.61. The summed E-state index contributed by atoms with van der Waals surface area (Å²) in [6.45, 7) is 5.46. The summed E-state index contributed by atoms with van der Waals surface area (Å²) in [5.74, 6) is -0.502. The molecule has 6 heteroatoms. The molecule has 0 aliphatic heterocycles. The van der Waals surface area contributed by atoms with Crippen LogP contribution in [0.3, 0.4) is 0 Å². The smallest absolute Gasteiger partial charge is 0.258 e. The number of aryl methyl sites for hydroxylation is 1. The Bertz CT molecular complexity index is 498. The minimum Gasteiger partial charge on any atom is -0.507 e. The predicted octanol–water partition coefficient (Wildman–Crippen LogP) is 1.30. The number of phenols is 1. The van der Waals surface area contributed by atoms with Crippen molar-refractivity contribution in [2.45, 2.75) is 26.8 Å². The lowest BCUT2D eigenvalue weighted by Crippen LogP contribution is -2.42. The van der Waals surface area contributed by atoms with Crippen molar-refractivity contribution in [2.24, 2.45) is 10.9 Å². The molecule has 0 aromatic heterocycles. The molecule has 0 saturated carbocycles. The van der Waals surface area contributed by atoms with E-state index in [0.717, 1.165) is 5.56 Å². The molecular formula is C13H19N3O3. The molecule has 0 heterocycles. The molecule has 0 saturated heterocycles. The number of aromatic hydroxyl groups is 1. The Labute approximate surface area is 112 Å². The summed E-state index contributed by atoms with van der Waals surface area (Å²) in [4.78, 5) is 13.8. The van der Waals surface area contributed by atoms with Gasteiger partial charge >= 0.3 is 0 Å². The van der Waals surface area contributed by atoms with Crippen molar-refractivity contribution >= 4 is 11.7 Å². The molecule has 1 aromatic rings. The summed E-state index contributed by atoms with van der Waals surface area (Å²) < 4.78 is 0. The van der Waals surface area contributed by atoms with Crippen LogP contribution in [0.2, 0.25) is 0 Å². The molecule has 1 aromatic carbocycles. The van der Waals surface area contributed by atoms with Crippen LogP contribution in [0.15, 0.2) is 23.4 Å². The van der Waals surface area contributed by atoms with Crippen LogP contribution in [0.5, 0.6) is 5.75 Å². The standard InChI is InChI=1S/C13H19N3O3/c1-8(2)16(7-12(14)15-19)13(18)10-6-9(3)4-5-11(10)17/h4-6,8,17,19H,7H2,1-3H3,(H2,14,15). The maximum Gasteiger partial charge on any atom is 0.258 e. The highest BCUT2D eigenvalue weighted by Crippen LogP contribution is 2.21. The van der Waals surface area contributed by atoms with E-state index in [9.17, 15) is 9.90 Å². The summed E-state index contributed by atoms with van der Waals surface area (Å²) in [7, 11) is 0. The normalized spacial score (nSPS) is 11.7. The zero-order chi connectivity index (χ0) is 14.6. The number of amides is 1. The highest BCUT2D eigenvalue weighted by molar-refractivity contribution is 5.99.